The van der Waals surface area contributed by atoms with Crippen molar-refractivity contribution >= 4 is 11.6 Å². The molecule has 1 saturated heterocycles. The van der Waals surface area contributed by atoms with E-state index in [-0.39, 0.29) is 12.0 Å². The van der Waals surface area contributed by atoms with Gasteiger partial charge in [0.25, 0.3) is 0 Å². The minimum Gasteiger partial charge on any atom is -0.393 e. The monoisotopic (exact) mass is 337 g/mol. The van der Waals surface area contributed by atoms with Crippen molar-refractivity contribution in [2.45, 2.75) is 32.8 Å². The number of anilines is 2. The fourth-order valence-corrected chi connectivity index (χ4v) is 2.99. The van der Waals surface area contributed by atoms with Crippen molar-refractivity contribution in [3.8, 4) is 11.8 Å². The third-order valence-corrected chi connectivity index (χ3v) is 4.52. The van der Waals surface area contributed by atoms with Crippen LogP contribution in [0.2, 0.25) is 0 Å². The van der Waals surface area contributed by atoms with E-state index in [1.807, 2.05) is 6.07 Å². The van der Waals surface area contributed by atoms with Crippen LogP contribution in [0.3, 0.4) is 0 Å². The zero-order valence-corrected chi connectivity index (χ0v) is 14.6. The van der Waals surface area contributed by atoms with Gasteiger partial charge in [-0.25, -0.2) is 15.0 Å². The van der Waals surface area contributed by atoms with Crippen molar-refractivity contribution in [3.63, 3.8) is 0 Å². The molecule has 0 aliphatic carbocycles. The van der Waals surface area contributed by atoms with Crippen LogP contribution in [0.4, 0.5) is 11.6 Å². The first kappa shape index (κ1) is 17.2. The molecule has 1 aliphatic rings. The molecule has 6 heteroatoms. The Hall–Kier alpha value is -2.65. The zero-order chi connectivity index (χ0) is 17.8. The molecule has 1 aliphatic heterocycles. The van der Waals surface area contributed by atoms with E-state index in [2.05, 4.69) is 45.5 Å². The van der Waals surface area contributed by atoms with E-state index in [0.717, 1.165) is 48.6 Å². The lowest BCUT2D eigenvalue weighted by Gasteiger charge is -2.35. The van der Waals surface area contributed by atoms with E-state index in [4.69, 9.17) is 5.73 Å². The smallest absolute Gasteiger partial charge is 0.148 e. The summed E-state index contributed by atoms with van der Waals surface area (Å²) in [6.07, 6.45) is 4.53. The Balaban J connectivity index is 1.96. The minimum atomic E-state index is -0.251. The number of aromatic nitrogens is 3. The normalized spacial score (nSPS) is 20.0. The van der Waals surface area contributed by atoms with E-state index in [1.54, 1.807) is 18.6 Å². The summed E-state index contributed by atoms with van der Waals surface area (Å²) < 4.78 is 0. The largest absolute Gasteiger partial charge is 0.393 e. The van der Waals surface area contributed by atoms with Crippen LogP contribution < -0.4 is 10.6 Å². The van der Waals surface area contributed by atoms with Gasteiger partial charge >= 0.3 is 0 Å². The summed E-state index contributed by atoms with van der Waals surface area (Å²) in [5.41, 5.74) is 8.20. The summed E-state index contributed by atoms with van der Waals surface area (Å²) in [4.78, 5) is 15.1. The highest BCUT2D eigenvalue weighted by molar-refractivity contribution is 5.59. The maximum absolute atomic E-state index is 9.98. The molecule has 130 valence electrons. The number of hydrogen-bond acceptors (Lipinski definition) is 6. The van der Waals surface area contributed by atoms with Crippen molar-refractivity contribution in [1.29, 1.82) is 0 Å². The van der Waals surface area contributed by atoms with Crippen molar-refractivity contribution in [3.05, 3.63) is 41.5 Å². The van der Waals surface area contributed by atoms with Gasteiger partial charge in [-0.3, -0.25) is 0 Å². The third-order valence-electron chi connectivity index (χ3n) is 4.52. The molecule has 25 heavy (non-hydrogen) atoms. The van der Waals surface area contributed by atoms with Gasteiger partial charge < -0.3 is 15.7 Å². The second kappa shape index (κ2) is 7.49. The number of nitrogens with two attached hydrogens (primary N) is 1. The average Bonchev–Trinajstić information content (AvgIpc) is 2.63. The molecule has 0 aromatic carbocycles. The van der Waals surface area contributed by atoms with Crippen LogP contribution in [0, 0.1) is 17.8 Å². The van der Waals surface area contributed by atoms with E-state index >= 15 is 0 Å². The Morgan fingerprint density at radius 3 is 2.80 bits per heavy atom. The van der Waals surface area contributed by atoms with Crippen molar-refractivity contribution < 1.29 is 5.11 Å². The molecule has 2 aromatic rings. The highest BCUT2D eigenvalue weighted by Gasteiger charge is 2.26. The van der Waals surface area contributed by atoms with Crippen molar-refractivity contribution in [2.75, 3.05) is 23.7 Å². The van der Waals surface area contributed by atoms with Crippen LogP contribution in [0.25, 0.3) is 0 Å². The molecule has 0 spiro atoms. The summed E-state index contributed by atoms with van der Waals surface area (Å²) in [5, 5.41) is 9.98. The summed E-state index contributed by atoms with van der Waals surface area (Å²) in [6.45, 7) is 5.65. The number of nitrogen functional groups attached to an aromatic ring is 1. The minimum absolute atomic E-state index is 0.205. The second-order valence-corrected chi connectivity index (χ2v) is 6.37. The van der Waals surface area contributed by atoms with Gasteiger partial charge in [0, 0.05) is 24.8 Å². The third kappa shape index (κ3) is 3.89. The quantitative estimate of drug-likeness (QED) is 0.810. The molecule has 2 atom stereocenters. The standard InChI is InChI=1S/C19H23N5O/c1-3-16-15(6-4-14-5-7-18(20)21-10-14)19(23-12-22-16)24-9-8-17(25)13(2)11-24/h5,7,10,12-13,17,25H,3,8-9,11H2,1-2H3,(H2,20,21). The molecule has 0 saturated carbocycles. The van der Waals surface area contributed by atoms with Crippen LogP contribution in [-0.2, 0) is 6.42 Å². The Bertz CT molecular complexity index is 794. The number of rotatable bonds is 2. The summed E-state index contributed by atoms with van der Waals surface area (Å²) in [6, 6.07) is 3.59. The number of hydrogen-bond donors (Lipinski definition) is 2. The molecule has 3 heterocycles. The number of piperidine rings is 1. The topological polar surface area (TPSA) is 88.2 Å². The molecular formula is C19H23N5O. The lowest BCUT2D eigenvalue weighted by molar-refractivity contribution is 0.0968. The number of aliphatic hydroxyl groups excluding tert-OH is 1. The Kier molecular flexibility index (Phi) is 5.15. The number of aliphatic hydroxyl groups is 1. The maximum atomic E-state index is 9.98. The highest BCUT2D eigenvalue weighted by Crippen LogP contribution is 2.25. The molecule has 2 unspecified atom stereocenters. The van der Waals surface area contributed by atoms with Crippen LogP contribution in [0.1, 0.15) is 37.1 Å². The van der Waals surface area contributed by atoms with E-state index in [0.29, 0.717) is 5.82 Å². The van der Waals surface area contributed by atoms with E-state index in [9.17, 15) is 5.11 Å². The predicted octanol–water partition coefficient (Wildman–Crippen LogP) is 1.62. The number of pyridine rings is 1. The zero-order valence-electron chi connectivity index (χ0n) is 14.6. The highest BCUT2D eigenvalue weighted by atomic mass is 16.3. The molecule has 0 bridgehead atoms. The van der Waals surface area contributed by atoms with Gasteiger partial charge in [0.15, 0.2) is 0 Å². The molecule has 3 N–H and O–H groups in total. The van der Waals surface area contributed by atoms with Crippen LogP contribution in [0.5, 0.6) is 0 Å². The molecule has 3 rings (SSSR count). The van der Waals surface area contributed by atoms with Crippen LogP contribution in [0.15, 0.2) is 24.7 Å². The van der Waals surface area contributed by atoms with E-state index < -0.39 is 0 Å². The maximum Gasteiger partial charge on any atom is 0.148 e. The van der Waals surface area contributed by atoms with Gasteiger partial charge in [-0.1, -0.05) is 25.7 Å². The van der Waals surface area contributed by atoms with E-state index in [1.165, 1.54) is 0 Å². The molecule has 0 radical (unpaired) electrons. The fraction of sp³-hybridized carbons (Fsp3) is 0.421. The molecule has 6 nitrogen and oxygen atoms in total. The first-order valence-electron chi connectivity index (χ1n) is 8.59. The molecule has 2 aromatic heterocycles. The predicted molar refractivity (Wildman–Crippen MR) is 98.0 cm³/mol. The SMILES string of the molecule is CCc1ncnc(N2CCC(O)C(C)C2)c1C#Cc1ccc(N)nc1. The summed E-state index contributed by atoms with van der Waals surface area (Å²) >= 11 is 0. The number of aryl methyl sites for hydroxylation is 1. The number of nitrogens with zero attached hydrogens (tertiary/aromatic N) is 4. The van der Waals surface area contributed by atoms with Gasteiger partial charge in [-0.15, -0.1) is 0 Å². The van der Waals surface area contributed by atoms with Gasteiger partial charge in [0.05, 0.1) is 17.4 Å². The van der Waals surface area contributed by atoms with Crippen molar-refractivity contribution in [2.24, 2.45) is 5.92 Å². The molecule has 0 amide bonds. The summed E-state index contributed by atoms with van der Waals surface area (Å²) in [7, 11) is 0. The van der Waals surface area contributed by atoms with Gasteiger partial charge in [-0.05, 0) is 30.9 Å². The van der Waals surface area contributed by atoms with Gasteiger partial charge in [-0.2, -0.15) is 0 Å². The Morgan fingerprint density at radius 1 is 1.28 bits per heavy atom. The average molecular weight is 337 g/mol. The summed E-state index contributed by atoms with van der Waals surface area (Å²) in [5.74, 6) is 7.90. The lowest BCUT2D eigenvalue weighted by Crippen LogP contribution is -2.42. The van der Waals surface area contributed by atoms with Crippen molar-refractivity contribution in [1.82, 2.24) is 15.0 Å². The first-order chi connectivity index (χ1) is 12.1. The first-order valence-corrected chi connectivity index (χ1v) is 8.59. The van der Waals surface area contributed by atoms with Gasteiger partial charge in [0.1, 0.15) is 18.0 Å². The Labute approximate surface area is 148 Å². The Morgan fingerprint density at radius 2 is 2.12 bits per heavy atom. The van der Waals surface area contributed by atoms with Crippen LogP contribution in [-0.4, -0.2) is 39.3 Å². The van der Waals surface area contributed by atoms with Gasteiger partial charge in [0.2, 0.25) is 0 Å². The van der Waals surface area contributed by atoms with Crippen LogP contribution >= 0.6 is 0 Å². The lowest BCUT2D eigenvalue weighted by atomic mass is 9.96. The molecule has 1 fully saturated rings. The second-order valence-electron chi connectivity index (χ2n) is 6.37. The fourth-order valence-electron chi connectivity index (χ4n) is 2.99. The molecular weight excluding hydrogens is 314 g/mol.